The Morgan fingerprint density at radius 1 is 1.64 bits per heavy atom. The number of rotatable bonds is 2. The maximum atomic E-state index is 12.7. The van der Waals surface area contributed by atoms with Gasteiger partial charge in [-0.1, -0.05) is 17.7 Å². The normalized spacial score (nSPS) is 9.93. The SMILES string of the molecule is CN(Cc1ccc(F)cc1Cl)C(N)=O. The number of nitrogens with zero attached hydrogens (tertiary/aromatic N) is 1. The molecule has 0 saturated heterocycles. The first-order valence-corrected chi connectivity index (χ1v) is 4.33. The smallest absolute Gasteiger partial charge is 0.314 e. The summed E-state index contributed by atoms with van der Waals surface area (Å²) in [4.78, 5) is 12.0. The van der Waals surface area contributed by atoms with Crippen LogP contribution in [0.15, 0.2) is 18.2 Å². The van der Waals surface area contributed by atoms with Crippen molar-refractivity contribution in [2.24, 2.45) is 5.73 Å². The van der Waals surface area contributed by atoms with Gasteiger partial charge in [-0.15, -0.1) is 0 Å². The van der Waals surface area contributed by atoms with Crippen molar-refractivity contribution in [3.63, 3.8) is 0 Å². The fourth-order valence-electron chi connectivity index (χ4n) is 0.983. The monoisotopic (exact) mass is 216 g/mol. The molecule has 3 nitrogen and oxygen atoms in total. The highest BCUT2D eigenvalue weighted by Crippen LogP contribution is 2.18. The molecule has 14 heavy (non-hydrogen) atoms. The number of hydrogen-bond acceptors (Lipinski definition) is 1. The van der Waals surface area contributed by atoms with Crippen LogP contribution in [0.25, 0.3) is 0 Å². The Morgan fingerprint density at radius 2 is 2.29 bits per heavy atom. The van der Waals surface area contributed by atoms with Gasteiger partial charge in [0.25, 0.3) is 0 Å². The molecule has 1 aromatic rings. The van der Waals surface area contributed by atoms with Crippen molar-refractivity contribution in [3.05, 3.63) is 34.6 Å². The molecule has 0 radical (unpaired) electrons. The molecule has 2 amide bonds. The number of hydrogen-bond donors (Lipinski definition) is 1. The Hall–Kier alpha value is -1.29. The number of carbonyl (C=O) groups excluding carboxylic acids is 1. The van der Waals surface area contributed by atoms with E-state index in [1.54, 1.807) is 7.05 Å². The van der Waals surface area contributed by atoms with Crippen LogP contribution in [0.4, 0.5) is 9.18 Å². The summed E-state index contributed by atoms with van der Waals surface area (Å²) in [5.41, 5.74) is 5.70. The fourth-order valence-corrected chi connectivity index (χ4v) is 1.21. The molecule has 0 fully saturated rings. The van der Waals surface area contributed by atoms with Gasteiger partial charge >= 0.3 is 6.03 Å². The van der Waals surface area contributed by atoms with Crippen LogP contribution in [0, 0.1) is 5.82 Å². The lowest BCUT2D eigenvalue weighted by Crippen LogP contribution is -2.31. The first-order chi connectivity index (χ1) is 6.50. The highest BCUT2D eigenvalue weighted by Gasteiger charge is 2.07. The van der Waals surface area contributed by atoms with Crippen LogP contribution in [-0.4, -0.2) is 18.0 Å². The number of primary amides is 1. The van der Waals surface area contributed by atoms with Gasteiger partial charge in [0.1, 0.15) is 5.82 Å². The predicted octanol–water partition coefficient (Wildman–Crippen LogP) is 1.99. The van der Waals surface area contributed by atoms with E-state index >= 15 is 0 Å². The maximum Gasteiger partial charge on any atom is 0.314 e. The number of carbonyl (C=O) groups is 1. The van der Waals surface area contributed by atoms with Gasteiger partial charge in [-0.2, -0.15) is 0 Å². The van der Waals surface area contributed by atoms with Crippen LogP contribution in [0.2, 0.25) is 5.02 Å². The summed E-state index contributed by atoms with van der Waals surface area (Å²) in [6.45, 7) is 0.272. The fraction of sp³-hybridized carbons (Fsp3) is 0.222. The molecule has 5 heteroatoms. The Labute approximate surface area is 86.3 Å². The number of amides is 2. The van der Waals surface area contributed by atoms with Gasteiger partial charge in [0, 0.05) is 18.6 Å². The van der Waals surface area contributed by atoms with Crippen molar-refractivity contribution in [2.45, 2.75) is 6.54 Å². The summed E-state index contributed by atoms with van der Waals surface area (Å²) in [7, 11) is 1.54. The molecular weight excluding hydrogens is 207 g/mol. The van der Waals surface area contributed by atoms with Crippen molar-refractivity contribution in [3.8, 4) is 0 Å². The van der Waals surface area contributed by atoms with Gasteiger partial charge in [0.2, 0.25) is 0 Å². The molecule has 0 aliphatic rings. The average Bonchev–Trinajstić information content (AvgIpc) is 2.09. The van der Waals surface area contributed by atoms with E-state index in [0.29, 0.717) is 5.56 Å². The lowest BCUT2D eigenvalue weighted by Gasteiger charge is -2.14. The summed E-state index contributed by atoms with van der Waals surface area (Å²) < 4.78 is 12.7. The molecule has 0 unspecified atom stereocenters. The molecule has 0 bridgehead atoms. The minimum atomic E-state index is -0.551. The molecule has 0 atom stereocenters. The lowest BCUT2D eigenvalue weighted by molar-refractivity contribution is 0.216. The van der Waals surface area contributed by atoms with Gasteiger partial charge in [-0.05, 0) is 17.7 Å². The van der Waals surface area contributed by atoms with Gasteiger partial charge in [-0.25, -0.2) is 9.18 Å². The third-order valence-electron chi connectivity index (χ3n) is 1.80. The number of halogens is 2. The molecule has 1 aromatic carbocycles. The van der Waals surface area contributed by atoms with Gasteiger partial charge in [0.15, 0.2) is 0 Å². The van der Waals surface area contributed by atoms with E-state index in [1.807, 2.05) is 0 Å². The zero-order valence-corrected chi connectivity index (χ0v) is 8.38. The van der Waals surface area contributed by atoms with E-state index in [4.69, 9.17) is 17.3 Å². The van der Waals surface area contributed by atoms with Crippen molar-refractivity contribution >= 4 is 17.6 Å². The summed E-state index contributed by atoms with van der Waals surface area (Å²) >= 11 is 5.76. The molecule has 76 valence electrons. The summed E-state index contributed by atoms with van der Waals surface area (Å²) in [5.74, 6) is -0.402. The molecular formula is C9H10ClFN2O. The molecule has 0 saturated carbocycles. The largest absolute Gasteiger partial charge is 0.351 e. The maximum absolute atomic E-state index is 12.7. The Morgan fingerprint density at radius 3 is 2.79 bits per heavy atom. The Balaban J connectivity index is 2.82. The standard InChI is InChI=1S/C9H10ClFN2O/c1-13(9(12)14)5-6-2-3-7(11)4-8(6)10/h2-4H,5H2,1H3,(H2,12,14). The third kappa shape index (κ3) is 2.60. The summed E-state index contributed by atoms with van der Waals surface area (Å²) in [6.07, 6.45) is 0. The summed E-state index contributed by atoms with van der Waals surface area (Å²) in [6, 6.07) is 3.46. The van der Waals surface area contributed by atoms with Crippen molar-refractivity contribution in [1.82, 2.24) is 4.90 Å². The molecule has 0 heterocycles. The quantitative estimate of drug-likeness (QED) is 0.808. The van der Waals surface area contributed by atoms with Crippen LogP contribution < -0.4 is 5.73 Å². The van der Waals surface area contributed by atoms with Crippen LogP contribution in [0.5, 0.6) is 0 Å². The van der Waals surface area contributed by atoms with Gasteiger partial charge in [-0.3, -0.25) is 0 Å². The predicted molar refractivity (Wildman–Crippen MR) is 52.5 cm³/mol. The van der Waals surface area contributed by atoms with E-state index in [1.165, 1.54) is 23.1 Å². The molecule has 0 aliphatic heterocycles. The van der Waals surface area contributed by atoms with Crippen LogP contribution in [-0.2, 0) is 6.54 Å². The first-order valence-electron chi connectivity index (χ1n) is 3.95. The van der Waals surface area contributed by atoms with Crippen molar-refractivity contribution < 1.29 is 9.18 Å². The molecule has 0 aromatic heterocycles. The average molecular weight is 217 g/mol. The number of benzene rings is 1. The number of nitrogens with two attached hydrogens (primary N) is 1. The van der Waals surface area contributed by atoms with Crippen LogP contribution in [0.1, 0.15) is 5.56 Å². The second-order valence-corrected chi connectivity index (χ2v) is 3.34. The van der Waals surface area contributed by atoms with Crippen LogP contribution >= 0.6 is 11.6 Å². The van der Waals surface area contributed by atoms with Crippen LogP contribution in [0.3, 0.4) is 0 Å². The second-order valence-electron chi connectivity index (χ2n) is 2.93. The minimum absolute atomic E-state index is 0.272. The topological polar surface area (TPSA) is 46.3 Å². The van der Waals surface area contributed by atoms with Gasteiger partial charge in [0.05, 0.1) is 0 Å². The van der Waals surface area contributed by atoms with E-state index in [9.17, 15) is 9.18 Å². The zero-order valence-electron chi connectivity index (χ0n) is 7.63. The summed E-state index contributed by atoms with van der Waals surface area (Å²) in [5, 5.41) is 0.290. The van der Waals surface area contributed by atoms with E-state index in [0.717, 1.165) is 0 Å². The molecule has 1 rings (SSSR count). The lowest BCUT2D eigenvalue weighted by atomic mass is 10.2. The molecule has 0 spiro atoms. The zero-order chi connectivity index (χ0) is 10.7. The highest BCUT2D eigenvalue weighted by molar-refractivity contribution is 6.31. The Kier molecular flexibility index (Phi) is 3.30. The van der Waals surface area contributed by atoms with Crippen molar-refractivity contribution in [2.75, 3.05) is 7.05 Å². The first kappa shape index (κ1) is 10.8. The van der Waals surface area contributed by atoms with E-state index in [-0.39, 0.29) is 11.6 Å². The molecule has 0 aliphatic carbocycles. The highest BCUT2D eigenvalue weighted by atomic mass is 35.5. The third-order valence-corrected chi connectivity index (χ3v) is 2.15. The Bertz CT molecular complexity index is 357. The second kappa shape index (κ2) is 4.28. The molecule has 2 N–H and O–H groups in total. The van der Waals surface area contributed by atoms with E-state index < -0.39 is 11.8 Å². The minimum Gasteiger partial charge on any atom is -0.351 e. The number of urea groups is 1. The van der Waals surface area contributed by atoms with Crippen molar-refractivity contribution in [1.29, 1.82) is 0 Å². The van der Waals surface area contributed by atoms with Gasteiger partial charge < -0.3 is 10.6 Å². The van der Waals surface area contributed by atoms with E-state index in [2.05, 4.69) is 0 Å².